The van der Waals surface area contributed by atoms with Crippen LogP contribution >= 0.6 is 0 Å². The fourth-order valence-electron chi connectivity index (χ4n) is 3.45. The number of benzene rings is 2. The number of amides is 1. The summed E-state index contributed by atoms with van der Waals surface area (Å²) in [5.74, 6) is 0.0703. The summed E-state index contributed by atoms with van der Waals surface area (Å²) in [5.41, 5.74) is 2.91. The molecule has 0 aliphatic carbocycles. The van der Waals surface area contributed by atoms with Crippen molar-refractivity contribution in [2.24, 2.45) is 0 Å². The third-order valence-corrected chi connectivity index (χ3v) is 4.71. The van der Waals surface area contributed by atoms with Gasteiger partial charge in [-0.2, -0.15) is 0 Å². The van der Waals surface area contributed by atoms with Gasteiger partial charge in [-0.15, -0.1) is 0 Å². The van der Waals surface area contributed by atoms with Gasteiger partial charge in [0, 0.05) is 37.6 Å². The number of anilines is 1. The number of hydrogen-bond acceptors (Lipinski definition) is 2. The van der Waals surface area contributed by atoms with Gasteiger partial charge in [0.1, 0.15) is 5.69 Å². The highest BCUT2D eigenvalue weighted by atomic mass is 16.2. The molecule has 3 aromatic rings. The Labute approximate surface area is 141 Å². The van der Waals surface area contributed by atoms with Gasteiger partial charge in [0.25, 0.3) is 5.91 Å². The van der Waals surface area contributed by atoms with E-state index < -0.39 is 0 Å². The molecular weight excluding hydrogens is 298 g/mol. The van der Waals surface area contributed by atoms with E-state index in [1.165, 1.54) is 11.1 Å². The smallest absolute Gasteiger partial charge is 0.274 e. The molecule has 24 heavy (non-hydrogen) atoms. The van der Waals surface area contributed by atoms with E-state index in [4.69, 9.17) is 0 Å². The average molecular weight is 319 g/mol. The van der Waals surface area contributed by atoms with Gasteiger partial charge in [-0.05, 0) is 42.0 Å². The highest BCUT2D eigenvalue weighted by Gasteiger charge is 2.22. The van der Waals surface area contributed by atoms with Crippen molar-refractivity contribution >= 4 is 22.4 Å². The lowest BCUT2D eigenvalue weighted by atomic mass is 10.1. The Bertz CT molecular complexity index is 897. The van der Waals surface area contributed by atoms with E-state index in [-0.39, 0.29) is 5.91 Å². The lowest BCUT2D eigenvalue weighted by Crippen LogP contribution is -2.35. The summed E-state index contributed by atoms with van der Waals surface area (Å²) in [4.78, 5) is 15.0. The number of carbonyl (C=O) groups is 1. The number of fused-ring (bicyclic) bond motifs is 2. The van der Waals surface area contributed by atoms with Crippen LogP contribution in [0.1, 0.15) is 23.1 Å². The highest BCUT2D eigenvalue weighted by Crippen LogP contribution is 2.24. The number of nitrogens with one attached hydrogen (secondary N) is 1. The molecule has 0 radical (unpaired) electrons. The summed E-state index contributed by atoms with van der Waals surface area (Å²) in [6.07, 6.45) is 0. The van der Waals surface area contributed by atoms with Gasteiger partial charge in [0.15, 0.2) is 0 Å². The molecule has 1 aliphatic rings. The van der Waals surface area contributed by atoms with Crippen molar-refractivity contribution in [3.63, 3.8) is 0 Å². The van der Waals surface area contributed by atoms with Gasteiger partial charge in [0.2, 0.25) is 0 Å². The van der Waals surface area contributed by atoms with E-state index in [1.807, 2.05) is 42.2 Å². The van der Waals surface area contributed by atoms with E-state index in [2.05, 4.69) is 34.1 Å². The Morgan fingerprint density at radius 1 is 1.12 bits per heavy atom. The number of aromatic nitrogens is 1. The normalized spacial score (nSPS) is 13.7. The maximum absolute atomic E-state index is 13.1. The largest absolute Gasteiger partial charge is 0.338 e. The van der Waals surface area contributed by atoms with E-state index in [1.54, 1.807) is 0 Å². The van der Waals surface area contributed by atoms with Gasteiger partial charge in [-0.1, -0.05) is 30.3 Å². The van der Waals surface area contributed by atoms with Gasteiger partial charge in [-0.3, -0.25) is 4.79 Å². The number of rotatable bonds is 3. The Morgan fingerprint density at radius 3 is 2.79 bits per heavy atom. The first-order chi connectivity index (χ1) is 11.8. The summed E-state index contributed by atoms with van der Waals surface area (Å²) < 4.78 is 2.14. The van der Waals surface area contributed by atoms with Crippen LogP contribution in [0.25, 0.3) is 10.8 Å². The Morgan fingerprint density at radius 2 is 1.96 bits per heavy atom. The first-order valence-corrected chi connectivity index (χ1v) is 8.47. The lowest BCUT2D eigenvalue weighted by molar-refractivity contribution is 0.0978. The molecule has 0 atom stereocenters. The molecule has 0 bridgehead atoms. The maximum Gasteiger partial charge on any atom is 0.274 e. The van der Waals surface area contributed by atoms with Crippen molar-refractivity contribution in [2.75, 3.05) is 18.0 Å². The molecule has 4 nitrogen and oxygen atoms in total. The molecule has 4 rings (SSSR count). The molecule has 0 spiro atoms. The van der Waals surface area contributed by atoms with Gasteiger partial charge >= 0.3 is 0 Å². The van der Waals surface area contributed by atoms with Crippen molar-refractivity contribution in [3.8, 4) is 0 Å². The molecule has 0 fully saturated rings. The fourth-order valence-corrected chi connectivity index (χ4v) is 3.45. The first-order valence-electron chi connectivity index (χ1n) is 8.47. The van der Waals surface area contributed by atoms with Gasteiger partial charge < -0.3 is 14.8 Å². The van der Waals surface area contributed by atoms with Crippen molar-refractivity contribution in [1.29, 1.82) is 0 Å². The van der Waals surface area contributed by atoms with Crippen molar-refractivity contribution in [1.82, 2.24) is 9.88 Å². The molecule has 0 saturated heterocycles. The monoisotopic (exact) mass is 319 g/mol. The molecule has 1 N–H and O–H groups in total. The zero-order valence-electron chi connectivity index (χ0n) is 13.8. The summed E-state index contributed by atoms with van der Waals surface area (Å²) in [6.45, 7) is 5.25. The molecule has 0 unspecified atom stereocenters. The lowest BCUT2D eigenvalue weighted by Gasteiger charge is -2.24. The minimum absolute atomic E-state index is 0.0703. The van der Waals surface area contributed by atoms with Crippen molar-refractivity contribution < 1.29 is 4.79 Å². The van der Waals surface area contributed by atoms with Crippen LogP contribution in [0.15, 0.2) is 54.6 Å². The number of carbonyl (C=O) groups excluding carboxylic acids is 1. The topological polar surface area (TPSA) is 37.3 Å². The van der Waals surface area contributed by atoms with Crippen LogP contribution in [0.2, 0.25) is 0 Å². The van der Waals surface area contributed by atoms with Crippen molar-refractivity contribution in [2.45, 2.75) is 20.0 Å². The minimum Gasteiger partial charge on any atom is -0.338 e. The van der Waals surface area contributed by atoms with Crippen LogP contribution < -0.4 is 10.2 Å². The maximum atomic E-state index is 13.1. The molecule has 1 aromatic heterocycles. The Balaban J connectivity index is 1.71. The Kier molecular flexibility index (Phi) is 3.82. The summed E-state index contributed by atoms with van der Waals surface area (Å²) >= 11 is 0. The second-order valence-electron chi connectivity index (χ2n) is 6.12. The van der Waals surface area contributed by atoms with E-state index >= 15 is 0 Å². The zero-order valence-corrected chi connectivity index (χ0v) is 13.8. The summed E-state index contributed by atoms with van der Waals surface area (Å²) in [6, 6.07) is 18.5. The summed E-state index contributed by atoms with van der Waals surface area (Å²) in [5, 5.41) is 5.69. The molecule has 122 valence electrons. The van der Waals surface area contributed by atoms with E-state index in [0.717, 1.165) is 36.4 Å². The van der Waals surface area contributed by atoms with Crippen LogP contribution in [0, 0.1) is 0 Å². The Hall–Kier alpha value is -2.59. The molecule has 2 aromatic carbocycles. The molecule has 1 amide bonds. The second kappa shape index (κ2) is 6.13. The van der Waals surface area contributed by atoms with E-state index in [0.29, 0.717) is 6.54 Å². The highest BCUT2D eigenvalue weighted by molar-refractivity contribution is 6.06. The van der Waals surface area contributed by atoms with Crippen LogP contribution in [0.5, 0.6) is 0 Å². The average Bonchev–Trinajstić information content (AvgIpc) is 3.06. The van der Waals surface area contributed by atoms with E-state index in [9.17, 15) is 4.79 Å². The standard InChI is InChI=1S/C20H21N3O/c1-2-22(17-8-7-15-5-3-4-6-16(15)13-17)20(24)19-10-9-18-14-21-11-12-23(18)19/h3-10,13,21H,2,11-12,14H2,1H3. The molecule has 4 heteroatoms. The fraction of sp³-hybridized carbons (Fsp3) is 0.250. The van der Waals surface area contributed by atoms with Crippen LogP contribution in [-0.2, 0) is 13.1 Å². The second-order valence-corrected chi connectivity index (χ2v) is 6.12. The summed E-state index contributed by atoms with van der Waals surface area (Å²) in [7, 11) is 0. The third-order valence-electron chi connectivity index (χ3n) is 4.71. The molecule has 1 aliphatic heterocycles. The predicted molar refractivity (Wildman–Crippen MR) is 97.4 cm³/mol. The number of hydrogen-bond donors (Lipinski definition) is 1. The van der Waals surface area contributed by atoms with Crippen molar-refractivity contribution in [3.05, 3.63) is 66.0 Å². The van der Waals surface area contributed by atoms with Crippen LogP contribution in [0.4, 0.5) is 5.69 Å². The van der Waals surface area contributed by atoms with Gasteiger partial charge in [-0.25, -0.2) is 0 Å². The first kappa shape index (κ1) is 15.0. The zero-order chi connectivity index (χ0) is 16.5. The van der Waals surface area contributed by atoms with Gasteiger partial charge in [0.05, 0.1) is 0 Å². The SMILES string of the molecule is CCN(C(=O)c1ccc2n1CCNC2)c1ccc2ccccc2c1. The molecule has 0 saturated carbocycles. The minimum atomic E-state index is 0.0703. The van der Waals surface area contributed by atoms with Crippen LogP contribution in [-0.4, -0.2) is 23.6 Å². The third kappa shape index (κ3) is 2.49. The van der Waals surface area contributed by atoms with Crippen LogP contribution in [0.3, 0.4) is 0 Å². The number of nitrogens with zero attached hydrogens (tertiary/aromatic N) is 2. The molecule has 2 heterocycles. The molecular formula is C20H21N3O. The predicted octanol–water partition coefficient (Wildman–Crippen LogP) is 3.41. The quantitative estimate of drug-likeness (QED) is 0.803.